The van der Waals surface area contributed by atoms with Gasteiger partial charge in [-0.05, 0) is 23.3 Å². The van der Waals surface area contributed by atoms with Crippen molar-refractivity contribution in [3.8, 4) is 0 Å². The van der Waals surface area contributed by atoms with Gasteiger partial charge in [0.15, 0.2) is 0 Å². The van der Waals surface area contributed by atoms with Crippen molar-refractivity contribution in [1.29, 1.82) is 0 Å². The molecule has 0 radical (unpaired) electrons. The molecule has 1 aliphatic rings. The fraction of sp³-hybridized carbons (Fsp3) is 0.333. The smallest absolute Gasteiger partial charge is 0.395 e. The van der Waals surface area contributed by atoms with Gasteiger partial charge in [0.25, 0.3) is 0 Å². The molecule has 0 amide bonds. The molecule has 1 aliphatic heterocycles. The van der Waals surface area contributed by atoms with Crippen LogP contribution in [0.5, 0.6) is 0 Å². The predicted molar refractivity (Wildman–Crippen MR) is 93.2 cm³/mol. The van der Waals surface area contributed by atoms with Crippen molar-refractivity contribution in [2.45, 2.75) is 17.2 Å². The van der Waals surface area contributed by atoms with E-state index in [9.17, 15) is 18.3 Å². The SMILES string of the molecule is OCCN1C(S)NCC1(c1ccccc1)c1cccc(C(F)(F)F)c1. The quantitative estimate of drug-likeness (QED) is 0.726. The van der Waals surface area contributed by atoms with Crippen molar-refractivity contribution < 1.29 is 18.3 Å². The summed E-state index contributed by atoms with van der Waals surface area (Å²) in [5.41, 5.74) is -0.524. The Morgan fingerprint density at radius 3 is 2.44 bits per heavy atom. The molecule has 0 saturated carbocycles. The molecule has 2 unspecified atom stereocenters. The number of nitrogens with one attached hydrogen (secondary N) is 1. The topological polar surface area (TPSA) is 35.5 Å². The third kappa shape index (κ3) is 3.29. The number of halogens is 3. The van der Waals surface area contributed by atoms with Gasteiger partial charge in [-0.25, -0.2) is 0 Å². The second-order valence-electron chi connectivity index (χ2n) is 5.98. The molecule has 0 spiro atoms. The Balaban J connectivity index is 2.20. The third-order valence-electron chi connectivity index (χ3n) is 4.59. The van der Waals surface area contributed by atoms with Gasteiger partial charge >= 0.3 is 6.18 Å². The number of alkyl halides is 3. The first-order valence-corrected chi connectivity index (χ1v) is 8.43. The summed E-state index contributed by atoms with van der Waals surface area (Å²) >= 11 is 4.50. The van der Waals surface area contributed by atoms with E-state index in [-0.39, 0.29) is 18.6 Å². The van der Waals surface area contributed by atoms with E-state index in [1.54, 1.807) is 6.07 Å². The van der Waals surface area contributed by atoms with Gasteiger partial charge in [0.1, 0.15) is 5.50 Å². The molecule has 7 heteroatoms. The van der Waals surface area contributed by atoms with Gasteiger partial charge in [0.2, 0.25) is 0 Å². The zero-order chi connectivity index (χ0) is 18.1. The van der Waals surface area contributed by atoms with Crippen molar-refractivity contribution in [2.24, 2.45) is 0 Å². The molecule has 1 saturated heterocycles. The fourth-order valence-corrected chi connectivity index (χ4v) is 3.85. The number of thiol groups is 1. The van der Waals surface area contributed by atoms with E-state index in [4.69, 9.17) is 0 Å². The monoisotopic (exact) mass is 368 g/mol. The summed E-state index contributed by atoms with van der Waals surface area (Å²) < 4.78 is 39.7. The molecular weight excluding hydrogens is 349 g/mol. The molecular formula is C18H19F3N2OS. The van der Waals surface area contributed by atoms with E-state index in [1.807, 2.05) is 35.2 Å². The summed E-state index contributed by atoms with van der Waals surface area (Å²) in [4.78, 5) is 1.89. The number of hydrogen-bond acceptors (Lipinski definition) is 4. The van der Waals surface area contributed by atoms with Crippen LogP contribution in [0.1, 0.15) is 16.7 Å². The number of benzene rings is 2. The Kier molecular flexibility index (Phi) is 5.11. The number of rotatable bonds is 4. The molecule has 0 aliphatic carbocycles. The van der Waals surface area contributed by atoms with E-state index in [0.29, 0.717) is 12.1 Å². The van der Waals surface area contributed by atoms with Crippen LogP contribution in [0.15, 0.2) is 54.6 Å². The van der Waals surface area contributed by atoms with E-state index in [1.165, 1.54) is 12.1 Å². The first-order chi connectivity index (χ1) is 11.9. The van der Waals surface area contributed by atoms with Crippen LogP contribution in [-0.2, 0) is 11.7 Å². The molecule has 25 heavy (non-hydrogen) atoms. The number of aliphatic hydroxyl groups excluding tert-OH is 1. The number of aliphatic hydroxyl groups is 1. The Morgan fingerprint density at radius 1 is 1.12 bits per heavy atom. The maximum absolute atomic E-state index is 13.2. The Labute approximate surface area is 149 Å². The van der Waals surface area contributed by atoms with Gasteiger partial charge < -0.3 is 5.11 Å². The number of hydrogen-bond donors (Lipinski definition) is 3. The standard InChI is InChI=1S/C18H19F3N2OS/c19-18(20,21)15-8-4-7-14(11-15)17(13-5-2-1-3-6-13)12-22-16(25)23(17)9-10-24/h1-8,11,16,22,24-25H,9-10,12H2. The highest BCUT2D eigenvalue weighted by Crippen LogP contribution is 2.42. The second kappa shape index (κ2) is 6.99. The van der Waals surface area contributed by atoms with Gasteiger partial charge in [0, 0.05) is 13.1 Å². The zero-order valence-electron chi connectivity index (χ0n) is 13.4. The average molecular weight is 368 g/mol. The van der Waals surface area contributed by atoms with Crippen LogP contribution >= 0.6 is 12.6 Å². The van der Waals surface area contributed by atoms with Gasteiger partial charge in [-0.15, -0.1) is 12.6 Å². The minimum absolute atomic E-state index is 0.119. The van der Waals surface area contributed by atoms with E-state index in [2.05, 4.69) is 17.9 Å². The lowest BCUT2D eigenvalue weighted by Crippen LogP contribution is -2.47. The second-order valence-corrected chi connectivity index (χ2v) is 6.47. The lowest BCUT2D eigenvalue weighted by Gasteiger charge is -2.40. The molecule has 1 fully saturated rings. The molecule has 2 atom stereocenters. The van der Waals surface area contributed by atoms with E-state index < -0.39 is 17.3 Å². The highest BCUT2D eigenvalue weighted by atomic mass is 32.1. The third-order valence-corrected chi connectivity index (χ3v) is 5.05. The van der Waals surface area contributed by atoms with Gasteiger partial charge in [-0.2, -0.15) is 13.2 Å². The van der Waals surface area contributed by atoms with Crippen molar-refractivity contribution in [2.75, 3.05) is 19.7 Å². The van der Waals surface area contributed by atoms with Crippen LogP contribution < -0.4 is 5.32 Å². The first-order valence-electron chi connectivity index (χ1n) is 7.92. The summed E-state index contributed by atoms with van der Waals surface area (Å²) in [6, 6.07) is 14.7. The molecule has 134 valence electrons. The van der Waals surface area contributed by atoms with E-state index >= 15 is 0 Å². The highest BCUT2D eigenvalue weighted by Gasteiger charge is 2.48. The average Bonchev–Trinajstić information content (AvgIpc) is 2.93. The van der Waals surface area contributed by atoms with Gasteiger partial charge in [-0.1, -0.05) is 42.5 Å². The molecule has 2 aromatic rings. The Hall–Kier alpha value is -1.54. The number of β-amino-alcohol motifs (C(OH)–C–C–N with tert-alkyl or cyclic N) is 1. The molecule has 3 nitrogen and oxygen atoms in total. The summed E-state index contributed by atoms with van der Waals surface area (Å²) in [6.45, 7) is 0.561. The van der Waals surface area contributed by atoms with Crippen molar-refractivity contribution in [3.05, 3.63) is 71.3 Å². The van der Waals surface area contributed by atoms with Crippen LogP contribution in [0.2, 0.25) is 0 Å². The molecule has 3 rings (SSSR count). The Bertz CT molecular complexity index is 726. The maximum Gasteiger partial charge on any atom is 0.416 e. The largest absolute Gasteiger partial charge is 0.416 e. The van der Waals surface area contributed by atoms with Crippen LogP contribution in [0.3, 0.4) is 0 Å². The summed E-state index contributed by atoms with van der Waals surface area (Å²) in [5, 5.41) is 12.7. The van der Waals surface area contributed by atoms with Gasteiger partial charge in [-0.3, -0.25) is 10.2 Å². The summed E-state index contributed by atoms with van der Waals surface area (Å²) in [5.74, 6) is 0. The summed E-state index contributed by atoms with van der Waals surface area (Å²) in [7, 11) is 0. The fourth-order valence-electron chi connectivity index (χ4n) is 3.45. The molecule has 0 bridgehead atoms. The first kappa shape index (κ1) is 18.3. The van der Waals surface area contributed by atoms with Crippen molar-refractivity contribution >= 4 is 12.6 Å². The lowest BCUT2D eigenvalue weighted by molar-refractivity contribution is -0.137. The highest BCUT2D eigenvalue weighted by molar-refractivity contribution is 7.80. The minimum atomic E-state index is -4.41. The molecule has 2 aromatic carbocycles. The van der Waals surface area contributed by atoms with Crippen molar-refractivity contribution in [1.82, 2.24) is 10.2 Å². The molecule has 1 heterocycles. The van der Waals surface area contributed by atoms with Gasteiger partial charge in [0.05, 0.1) is 17.7 Å². The summed E-state index contributed by atoms with van der Waals surface area (Å²) in [6.07, 6.45) is -4.41. The normalized spacial score (nSPS) is 24.6. The van der Waals surface area contributed by atoms with Crippen LogP contribution in [0.25, 0.3) is 0 Å². The van der Waals surface area contributed by atoms with Crippen LogP contribution in [-0.4, -0.2) is 35.2 Å². The minimum Gasteiger partial charge on any atom is -0.395 e. The zero-order valence-corrected chi connectivity index (χ0v) is 14.3. The Morgan fingerprint density at radius 2 is 1.80 bits per heavy atom. The molecule has 0 aromatic heterocycles. The van der Waals surface area contributed by atoms with Crippen molar-refractivity contribution in [3.63, 3.8) is 0 Å². The van der Waals surface area contributed by atoms with Crippen LogP contribution in [0.4, 0.5) is 13.2 Å². The lowest BCUT2D eigenvalue weighted by atomic mass is 9.81. The van der Waals surface area contributed by atoms with Crippen LogP contribution in [0, 0.1) is 0 Å². The molecule has 2 N–H and O–H groups in total. The maximum atomic E-state index is 13.2. The predicted octanol–water partition coefficient (Wildman–Crippen LogP) is 3.06. The number of nitrogens with zero attached hydrogens (tertiary/aromatic N) is 1. The van der Waals surface area contributed by atoms with E-state index in [0.717, 1.165) is 11.6 Å².